The highest BCUT2D eigenvalue weighted by atomic mass is 16.5. The van der Waals surface area contributed by atoms with Crippen LogP contribution in [0.3, 0.4) is 0 Å². The molecular formula is C20H27N3O3. The molecule has 1 atom stereocenters. The Hall–Kier alpha value is -2.18. The zero-order chi connectivity index (χ0) is 18.4. The fourth-order valence-electron chi connectivity index (χ4n) is 3.06. The van der Waals surface area contributed by atoms with Crippen LogP contribution in [-0.2, 0) is 17.8 Å². The fraction of sp³-hybridized carbons (Fsp3) is 0.500. The smallest absolute Gasteiger partial charge is 0.257 e. The molecule has 6 heteroatoms. The third-order valence-corrected chi connectivity index (χ3v) is 4.84. The Balaban J connectivity index is 1.70. The Morgan fingerprint density at radius 1 is 1.38 bits per heavy atom. The second-order valence-electron chi connectivity index (χ2n) is 6.74. The topological polar surface area (TPSA) is 58.8 Å². The van der Waals surface area contributed by atoms with E-state index >= 15 is 0 Å². The highest BCUT2D eigenvalue weighted by molar-refractivity contribution is 5.94. The van der Waals surface area contributed by atoms with E-state index < -0.39 is 0 Å². The van der Waals surface area contributed by atoms with Gasteiger partial charge in [-0.25, -0.2) is 0 Å². The molecule has 0 saturated carbocycles. The van der Waals surface area contributed by atoms with Gasteiger partial charge in [-0.05, 0) is 31.0 Å². The van der Waals surface area contributed by atoms with Crippen molar-refractivity contribution in [1.82, 2.24) is 14.8 Å². The summed E-state index contributed by atoms with van der Waals surface area (Å²) in [5.41, 5.74) is 1.63. The highest BCUT2D eigenvalue weighted by Crippen LogP contribution is 2.18. The Morgan fingerprint density at radius 3 is 2.88 bits per heavy atom. The van der Waals surface area contributed by atoms with Gasteiger partial charge in [0, 0.05) is 38.1 Å². The number of amides is 1. The van der Waals surface area contributed by atoms with Crippen molar-refractivity contribution in [2.45, 2.75) is 39.4 Å². The van der Waals surface area contributed by atoms with E-state index in [-0.39, 0.29) is 11.9 Å². The third-order valence-electron chi connectivity index (χ3n) is 4.84. The number of carbonyl (C=O) groups is 1. The van der Waals surface area contributed by atoms with Crippen molar-refractivity contribution >= 4 is 5.91 Å². The number of hydrogen-bond acceptors (Lipinski definition) is 5. The van der Waals surface area contributed by atoms with Crippen LogP contribution in [0.15, 0.2) is 41.3 Å². The maximum Gasteiger partial charge on any atom is 0.257 e. The van der Waals surface area contributed by atoms with Crippen LogP contribution in [0.1, 0.15) is 41.9 Å². The SMILES string of the molecule is CC[C@H](C)N(Cc1cccnc1)C(=O)c1coc(CN2CCOCC2)c1. The molecule has 140 valence electrons. The predicted octanol–water partition coefficient (Wildman–Crippen LogP) is 2.95. The number of pyridine rings is 1. The van der Waals surface area contributed by atoms with Crippen molar-refractivity contribution in [2.75, 3.05) is 26.3 Å². The first kappa shape index (κ1) is 18.6. The molecule has 1 saturated heterocycles. The maximum absolute atomic E-state index is 13.1. The van der Waals surface area contributed by atoms with Gasteiger partial charge in [0.05, 0.1) is 25.3 Å². The quantitative estimate of drug-likeness (QED) is 0.762. The minimum atomic E-state index is 0.000167. The molecule has 0 spiro atoms. The summed E-state index contributed by atoms with van der Waals surface area (Å²) >= 11 is 0. The largest absolute Gasteiger partial charge is 0.467 e. The van der Waals surface area contributed by atoms with E-state index in [4.69, 9.17) is 9.15 Å². The molecule has 3 rings (SSSR count). The van der Waals surface area contributed by atoms with Crippen LogP contribution in [0, 0.1) is 0 Å². The average molecular weight is 357 g/mol. The Kier molecular flexibility index (Phi) is 6.41. The molecule has 0 unspecified atom stereocenters. The van der Waals surface area contributed by atoms with Crippen LogP contribution < -0.4 is 0 Å². The van der Waals surface area contributed by atoms with E-state index in [2.05, 4.69) is 23.7 Å². The molecule has 0 aliphatic carbocycles. The van der Waals surface area contributed by atoms with Crippen LogP contribution in [0.25, 0.3) is 0 Å². The van der Waals surface area contributed by atoms with Crippen LogP contribution in [-0.4, -0.2) is 53.0 Å². The van der Waals surface area contributed by atoms with E-state index in [1.807, 2.05) is 29.3 Å². The molecule has 0 bridgehead atoms. The van der Waals surface area contributed by atoms with E-state index in [9.17, 15) is 4.79 Å². The van der Waals surface area contributed by atoms with Gasteiger partial charge in [-0.3, -0.25) is 14.7 Å². The lowest BCUT2D eigenvalue weighted by atomic mass is 10.1. The molecule has 2 aromatic rings. The van der Waals surface area contributed by atoms with Crippen molar-refractivity contribution in [1.29, 1.82) is 0 Å². The molecule has 0 radical (unpaired) electrons. The molecule has 0 N–H and O–H groups in total. The summed E-state index contributed by atoms with van der Waals surface area (Å²) < 4.78 is 11.0. The summed E-state index contributed by atoms with van der Waals surface area (Å²) in [6.07, 6.45) is 6.02. The van der Waals surface area contributed by atoms with E-state index in [0.717, 1.165) is 44.0 Å². The monoisotopic (exact) mass is 357 g/mol. The lowest BCUT2D eigenvalue weighted by molar-refractivity contribution is 0.0313. The van der Waals surface area contributed by atoms with E-state index in [1.54, 1.807) is 12.5 Å². The van der Waals surface area contributed by atoms with Gasteiger partial charge in [0.1, 0.15) is 12.0 Å². The van der Waals surface area contributed by atoms with Crippen molar-refractivity contribution in [2.24, 2.45) is 0 Å². The molecule has 1 fully saturated rings. The number of hydrogen-bond donors (Lipinski definition) is 0. The first-order valence-electron chi connectivity index (χ1n) is 9.24. The van der Waals surface area contributed by atoms with Crippen molar-refractivity contribution < 1.29 is 13.9 Å². The molecule has 3 heterocycles. The van der Waals surface area contributed by atoms with Gasteiger partial charge in [-0.15, -0.1) is 0 Å². The Labute approximate surface area is 154 Å². The van der Waals surface area contributed by atoms with E-state index in [0.29, 0.717) is 18.7 Å². The second-order valence-corrected chi connectivity index (χ2v) is 6.74. The third kappa shape index (κ3) is 4.71. The lowest BCUT2D eigenvalue weighted by Gasteiger charge is -2.28. The number of furan rings is 1. The number of morpholine rings is 1. The molecule has 1 aliphatic heterocycles. The van der Waals surface area contributed by atoms with Gasteiger partial charge in [-0.1, -0.05) is 13.0 Å². The molecule has 6 nitrogen and oxygen atoms in total. The first-order valence-corrected chi connectivity index (χ1v) is 9.24. The summed E-state index contributed by atoms with van der Waals surface area (Å²) in [7, 11) is 0. The van der Waals surface area contributed by atoms with Crippen LogP contribution >= 0.6 is 0 Å². The molecule has 2 aromatic heterocycles. The molecule has 1 amide bonds. The van der Waals surface area contributed by atoms with Gasteiger partial charge < -0.3 is 14.1 Å². The van der Waals surface area contributed by atoms with Crippen LogP contribution in [0.2, 0.25) is 0 Å². The maximum atomic E-state index is 13.1. The number of nitrogens with zero attached hydrogens (tertiary/aromatic N) is 3. The molecule has 0 aromatic carbocycles. The van der Waals surface area contributed by atoms with Gasteiger partial charge in [0.15, 0.2) is 0 Å². The first-order chi connectivity index (χ1) is 12.7. The second kappa shape index (κ2) is 8.96. The van der Waals surface area contributed by atoms with Gasteiger partial charge in [0.25, 0.3) is 5.91 Å². The molecular weight excluding hydrogens is 330 g/mol. The summed E-state index contributed by atoms with van der Waals surface area (Å²) in [6, 6.07) is 5.90. The van der Waals surface area contributed by atoms with Crippen molar-refractivity contribution in [3.63, 3.8) is 0 Å². The van der Waals surface area contributed by atoms with Gasteiger partial charge in [0.2, 0.25) is 0 Å². The highest BCUT2D eigenvalue weighted by Gasteiger charge is 2.23. The summed E-state index contributed by atoms with van der Waals surface area (Å²) in [5, 5.41) is 0. The predicted molar refractivity (Wildman–Crippen MR) is 98.7 cm³/mol. The summed E-state index contributed by atoms with van der Waals surface area (Å²) in [5.74, 6) is 0.820. The molecule has 1 aliphatic rings. The number of ether oxygens (including phenoxy) is 1. The number of aromatic nitrogens is 1. The number of rotatable bonds is 7. The van der Waals surface area contributed by atoms with Crippen molar-refractivity contribution in [3.8, 4) is 0 Å². The molecule has 26 heavy (non-hydrogen) atoms. The zero-order valence-electron chi connectivity index (χ0n) is 15.6. The fourth-order valence-corrected chi connectivity index (χ4v) is 3.06. The van der Waals surface area contributed by atoms with Gasteiger partial charge >= 0.3 is 0 Å². The van der Waals surface area contributed by atoms with E-state index in [1.165, 1.54) is 0 Å². The van der Waals surface area contributed by atoms with Crippen LogP contribution in [0.5, 0.6) is 0 Å². The van der Waals surface area contributed by atoms with Gasteiger partial charge in [-0.2, -0.15) is 0 Å². The van der Waals surface area contributed by atoms with Crippen molar-refractivity contribution in [3.05, 3.63) is 53.7 Å². The van der Waals surface area contributed by atoms with Crippen LogP contribution in [0.4, 0.5) is 0 Å². The standard InChI is InChI=1S/C20H27N3O3/c1-3-16(2)23(13-17-5-4-6-21-12-17)20(24)18-11-19(26-15-18)14-22-7-9-25-10-8-22/h4-6,11-12,15-16H,3,7-10,13-14H2,1-2H3/t16-/m0/s1. The minimum absolute atomic E-state index is 0.000167. The number of carbonyl (C=O) groups excluding carboxylic acids is 1. The Morgan fingerprint density at radius 2 is 2.19 bits per heavy atom. The normalized spacial score (nSPS) is 16.4. The Bertz CT molecular complexity index is 695. The average Bonchev–Trinajstić information content (AvgIpc) is 3.15. The summed E-state index contributed by atoms with van der Waals surface area (Å²) in [6.45, 7) is 8.71. The zero-order valence-corrected chi connectivity index (χ0v) is 15.6. The summed E-state index contributed by atoms with van der Waals surface area (Å²) in [4.78, 5) is 21.4. The minimum Gasteiger partial charge on any atom is -0.467 e. The lowest BCUT2D eigenvalue weighted by Crippen LogP contribution is -2.37.